The Morgan fingerprint density at radius 2 is 1.72 bits per heavy atom. The molecule has 0 amide bonds. The first kappa shape index (κ1) is 12.1. The molecule has 0 saturated heterocycles. The molecule has 0 aliphatic carbocycles. The molecule has 0 aromatic heterocycles. The zero-order valence-corrected chi connectivity index (χ0v) is 9.91. The molecule has 2 nitrogen and oxygen atoms in total. The first-order chi connectivity index (χ1) is 8.81. The molecule has 0 spiro atoms. The van der Waals surface area contributed by atoms with Crippen LogP contribution in [0.1, 0.15) is 5.56 Å². The summed E-state index contributed by atoms with van der Waals surface area (Å²) in [4.78, 5) is 10.2. The molecule has 0 aliphatic heterocycles. The van der Waals surface area contributed by atoms with E-state index in [-0.39, 0.29) is 5.75 Å². The zero-order chi connectivity index (χ0) is 12.8. The molecule has 2 rings (SSSR count). The summed E-state index contributed by atoms with van der Waals surface area (Å²) < 4.78 is 0. The summed E-state index contributed by atoms with van der Waals surface area (Å²) in [7, 11) is 0. The molecular weight excluding hydrogens is 224 g/mol. The summed E-state index contributed by atoms with van der Waals surface area (Å²) >= 11 is 0. The average Bonchev–Trinajstić information content (AvgIpc) is 2.41. The molecule has 2 aromatic carbocycles. The highest BCUT2D eigenvalue weighted by Crippen LogP contribution is 2.28. The fraction of sp³-hybridized carbons (Fsp3) is 0.0625. The van der Waals surface area contributed by atoms with E-state index in [9.17, 15) is 9.90 Å². The molecule has 2 heteroatoms. The number of aromatic hydroxyl groups is 1. The van der Waals surface area contributed by atoms with E-state index in [1.165, 1.54) is 6.08 Å². The summed E-state index contributed by atoms with van der Waals surface area (Å²) in [6, 6.07) is 15.2. The number of aldehydes is 1. The van der Waals surface area contributed by atoms with Gasteiger partial charge < -0.3 is 5.11 Å². The Kier molecular flexibility index (Phi) is 3.92. The maximum absolute atomic E-state index is 10.2. The van der Waals surface area contributed by atoms with Crippen LogP contribution in [-0.4, -0.2) is 11.4 Å². The maximum Gasteiger partial charge on any atom is 0.142 e. The van der Waals surface area contributed by atoms with Crippen molar-refractivity contribution in [3.8, 4) is 16.9 Å². The Morgan fingerprint density at radius 3 is 2.39 bits per heavy atom. The van der Waals surface area contributed by atoms with Gasteiger partial charge in [-0.15, -0.1) is 0 Å². The van der Waals surface area contributed by atoms with Crippen LogP contribution in [0.5, 0.6) is 5.75 Å². The van der Waals surface area contributed by atoms with Gasteiger partial charge in [-0.2, -0.15) is 0 Å². The number of hydrogen-bond acceptors (Lipinski definition) is 2. The fourth-order valence-electron chi connectivity index (χ4n) is 1.80. The van der Waals surface area contributed by atoms with Gasteiger partial charge in [0.15, 0.2) is 0 Å². The largest absolute Gasteiger partial charge is 0.507 e. The molecule has 18 heavy (non-hydrogen) atoms. The third-order valence-electron chi connectivity index (χ3n) is 2.74. The average molecular weight is 238 g/mol. The van der Waals surface area contributed by atoms with Crippen molar-refractivity contribution in [1.29, 1.82) is 0 Å². The molecule has 0 aliphatic rings. The Bertz CT molecular complexity index is 554. The predicted molar refractivity (Wildman–Crippen MR) is 72.5 cm³/mol. The lowest BCUT2D eigenvalue weighted by molar-refractivity contribution is -0.104. The molecule has 2 aromatic rings. The van der Waals surface area contributed by atoms with E-state index in [0.29, 0.717) is 0 Å². The summed E-state index contributed by atoms with van der Waals surface area (Å²) in [6.07, 6.45) is 4.83. The Hall–Kier alpha value is -2.35. The lowest BCUT2D eigenvalue weighted by atomic mass is 10.0. The van der Waals surface area contributed by atoms with Gasteiger partial charge in [0.25, 0.3) is 0 Å². The van der Waals surface area contributed by atoms with Crippen molar-refractivity contribution in [1.82, 2.24) is 0 Å². The number of carbonyl (C=O) groups is 1. The fourth-order valence-corrected chi connectivity index (χ4v) is 1.80. The topological polar surface area (TPSA) is 37.3 Å². The lowest BCUT2D eigenvalue weighted by Crippen LogP contribution is -1.83. The quantitative estimate of drug-likeness (QED) is 0.655. The number of allylic oxidation sites excluding steroid dienone is 2. The second-order valence-corrected chi connectivity index (χ2v) is 3.98. The number of phenolic OH excluding ortho intramolecular Hbond substituents is 1. The van der Waals surface area contributed by atoms with E-state index in [1.807, 2.05) is 42.5 Å². The van der Waals surface area contributed by atoms with Crippen molar-refractivity contribution in [2.75, 3.05) is 0 Å². The third kappa shape index (κ3) is 2.86. The zero-order valence-electron chi connectivity index (χ0n) is 9.91. The molecule has 0 atom stereocenters. The number of rotatable bonds is 4. The van der Waals surface area contributed by atoms with Crippen molar-refractivity contribution in [2.45, 2.75) is 6.42 Å². The minimum Gasteiger partial charge on any atom is -0.507 e. The predicted octanol–water partition coefficient (Wildman–Crippen LogP) is 3.36. The number of phenols is 1. The molecule has 0 heterocycles. The van der Waals surface area contributed by atoms with Gasteiger partial charge in [-0.3, -0.25) is 4.79 Å². The normalized spacial score (nSPS) is 10.7. The second kappa shape index (κ2) is 5.82. The number of benzene rings is 2. The van der Waals surface area contributed by atoms with Crippen LogP contribution in [-0.2, 0) is 11.2 Å². The maximum atomic E-state index is 10.2. The molecule has 0 radical (unpaired) electrons. The molecule has 0 fully saturated rings. The minimum absolute atomic E-state index is 0.283. The Morgan fingerprint density at radius 1 is 1.00 bits per heavy atom. The number of carbonyl (C=O) groups excluding carboxylic acids is 1. The minimum atomic E-state index is 0.283. The molecule has 90 valence electrons. The van der Waals surface area contributed by atoms with Gasteiger partial charge in [-0.25, -0.2) is 0 Å². The molecule has 0 saturated carbocycles. The van der Waals surface area contributed by atoms with Gasteiger partial charge in [0.2, 0.25) is 0 Å². The van der Waals surface area contributed by atoms with Crippen LogP contribution in [0.2, 0.25) is 0 Å². The van der Waals surface area contributed by atoms with E-state index < -0.39 is 0 Å². The smallest absolute Gasteiger partial charge is 0.142 e. The van der Waals surface area contributed by atoms with Gasteiger partial charge in [-0.05, 0) is 29.7 Å². The van der Waals surface area contributed by atoms with Crippen molar-refractivity contribution in [2.24, 2.45) is 0 Å². The molecular formula is C16H14O2. The van der Waals surface area contributed by atoms with Crippen LogP contribution < -0.4 is 0 Å². The van der Waals surface area contributed by atoms with Crippen LogP contribution in [0.15, 0.2) is 60.7 Å². The van der Waals surface area contributed by atoms with Crippen molar-refractivity contribution < 1.29 is 9.90 Å². The molecule has 0 unspecified atom stereocenters. The van der Waals surface area contributed by atoms with Crippen LogP contribution in [0.3, 0.4) is 0 Å². The molecule has 1 N–H and O–H groups in total. The number of hydrogen-bond donors (Lipinski definition) is 1. The summed E-state index contributed by atoms with van der Waals surface area (Å²) in [5.74, 6) is 0.283. The highest BCUT2D eigenvalue weighted by Gasteiger charge is 2.02. The third-order valence-corrected chi connectivity index (χ3v) is 2.74. The highest BCUT2D eigenvalue weighted by molar-refractivity contribution is 5.70. The monoisotopic (exact) mass is 238 g/mol. The summed E-state index contributed by atoms with van der Waals surface area (Å²) in [5.41, 5.74) is 2.94. The van der Waals surface area contributed by atoms with Crippen LogP contribution >= 0.6 is 0 Å². The van der Waals surface area contributed by atoms with Crippen molar-refractivity contribution in [3.05, 3.63) is 66.2 Å². The van der Waals surface area contributed by atoms with Crippen molar-refractivity contribution in [3.63, 3.8) is 0 Å². The van der Waals surface area contributed by atoms with Gasteiger partial charge >= 0.3 is 0 Å². The van der Waals surface area contributed by atoms with E-state index in [4.69, 9.17) is 0 Å². The standard InChI is InChI=1S/C16H14O2/c17-12-4-3-5-13-8-10-14(11-9-13)15-6-1-2-7-16(15)18/h1-4,6-12,18H,5H2. The summed E-state index contributed by atoms with van der Waals surface area (Å²) in [6.45, 7) is 0. The van der Waals surface area contributed by atoms with Gasteiger partial charge in [-0.1, -0.05) is 48.5 Å². The SMILES string of the molecule is O=CC=CCc1ccc(-c2ccccc2O)cc1. The van der Waals surface area contributed by atoms with Crippen molar-refractivity contribution >= 4 is 6.29 Å². The van der Waals surface area contributed by atoms with Crippen LogP contribution in [0, 0.1) is 0 Å². The second-order valence-electron chi connectivity index (χ2n) is 3.98. The van der Waals surface area contributed by atoms with E-state index in [2.05, 4.69) is 0 Å². The van der Waals surface area contributed by atoms with E-state index in [1.54, 1.807) is 12.1 Å². The summed E-state index contributed by atoms with van der Waals surface area (Å²) in [5, 5.41) is 9.76. The van der Waals surface area contributed by atoms with Gasteiger partial charge in [0.05, 0.1) is 0 Å². The van der Waals surface area contributed by atoms with Gasteiger partial charge in [0, 0.05) is 5.56 Å². The molecule has 0 bridgehead atoms. The Labute approximate surface area is 106 Å². The highest BCUT2D eigenvalue weighted by atomic mass is 16.3. The van der Waals surface area contributed by atoms with Crippen LogP contribution in [0.4, 0.5) is 0 Å². The van der Waals surface area contributed by atoms with E-state index >= 15 is 0 Å². The lowest BCUT2D eigenvalue weighted by Gasteiger charge is -2.05. The first-order valence-corrected chi connectivity index (χ1v) is 5.79. The van der Waals surface area contributed by atoms with E-state index in [0.717, 1.165) is 29.4 Å². The number of para-hydroxylation sites is 1. The van der Waals surface area contributed by atoms with Gasteiger partial charge in [0.1, 0.15) is 12.0 Å². The first-order valence-electron chi connectivity index (χ1n) is 5.79. The Balaban J connectivity index is 2.20. The van der Waals surface area contributed by atoms with Crippen LogP contribution in [0.25, 0.3) is 11.1 Å².